The summed E-state index contributed by atoms with van der Waals surface area (Å²) >= 11 is 3.29. The first-order valence-corrected chi connectivity index (χ1v) is 7.08. The molecule has 0 aliphatic rings. The molecule has 0 saturated carbocycles. The second-order valence-electron chi connectivity index (χ2n) is 3.84. The largest absolute Gasteiger partial charge is 0.303 e. The average molecular weight is 263 g/mol. The normalized spacial score (nSPS) is 12.3. The molecule has 2 heterocycles. The molecular formula is C12H13N3S2. The third-order valence-electron chi connectivity index (χ3n) is 2.37. The average Bonchev–Trinajstić information content (AvgIpc) is 2.94. The smallest absolute Gasteiger partial charge is 0.110 e. The first-order valence-electron chi connectivity index (χ1n) is 5.32. The van der Waals surface area contributed by atoms with Gasteiger partial charge in [-0.3, -0.25) is 0 Å². The summed E-state index contributed by atoms with van der Waals surface area (Å²) in [4.78, 5) is 5.63. The third-order valence-corrected chi connectivity index (χ3v) is 4.45. The number of aryl methyl sites for hydroxylation is 1. The van der Waals surface area contributed by atoms with Crippen molar-refractivity contribution < 1.29 is 0 Å². The van der Waals surface area contributed by atoms with E-state index in [0.717, 1.165) is 22.8 Å². The van der Waals surface area contributed by atoms with Crippen LogP contribution in [0.1, 0.15) is 34.1 Å². The molecule has 0 aromatic carbocycles. The van der Waals surface area contributed by atoms with Gasteiger partial charge in [0, 0.05) is 27.9 Å². The molecule has 2 aromatic heterocycles. The highest BCUT2D eigenvalue weighted by Gasteiger charge is 2.09. The second-order valence-corrected chi connectivity index (χ2v) is 5.73. The maximum atomic E-state index is 8.74. The molecule has 2 aromatic rings. The Hall–Kier alpha value is -1.22. The highest BCUT2D eigenvalue weighted by atomic mass is 32.1. The summed E-state index contributed by atoms with van der Waals surface area (Å²) in [5.74, 6) is 0. The lowest BCUT2D eigenvalue weighted by Gasteiger charge is -2.09. The summed E-state index contributed by atoms with van der Waals surface area (Å²) in [6.07, 6.45) is 0. The molecule has 0 saturated heterocycles. The molecule has 0 aliphatic heterocycles. The van der Waals surface area contributed by atoms with Crippen LogP contribution in [0, 0.1) is 18.3 Å². The zero-order chi connectivity index (χ0) is 12.3. The van der Waals surface area contributed by atoms with E-state index in [2.05, 4.69) is 28.7 Å². The Labute approximate surface area is 109 Å². The van der Waals surface area contributed by atoms with E-state index in [-0.39, 0.29) is 6.04 Å². The molecule has 1 atom stereocenters. The minimum absolute atomic E-state index is 0.251. The zero-order valence-corrected chi connectivity index (χ0v) is 11.4. The Morgan fingerprint density at radius 1 is 1.47 bits per heavy atom. The minimum atomic E-state index is 0.251. The van der Waals surface area contributed by atoms with E-state index in [9.17, 15) is 0 Å². The first kappa shape index (κ1) is 12.2. The molecule has 0 fully saturated rings. The molecule has 0 spiro atoms. The van der Waals surface area contributed by atoms with E-state index < -0.39 is 0 Å². The van der Waals surface area contributed by atoms with Crippen LogP contribution in [0.5, 0.6) is 0 Å². The van der Waals surface area contributed by atoms with Crippen molar-refractivity contribution in [1.82, 2.24) is 10.3 Å². The fourth-order valence-electron chi connectivity index (χ4n) is 1.44. The van der Waals surface area contributed by atoms with Crippen LogP contribution in [0.3, 0.4) is 0 Å². The highest BCUT2D eigenvalue weighted by molar-refractivity contribution is 7.10. The number of thiazole rings is 1. The van der Waals surface area contributed by atoms with Crippen molar-refractivity contribution in [2.24, 2.45) is 0 Å². The molecule has 0 radical (unpaired) electrons. The summed E-state index contributed by atoms with van der Waals surface area (Å²) < 4.78 is 0. The molecule has 5 heteroatoms. The topological polar surface area (TPSA) is 48.7 Å². The Morgan fingerprint density at radius 3 is 2.88 bits per heavy atom. The van der Waals surface area contributed by atoms with E-state index in [1.165, 1.54) is 4.88 Å². The second kappa shape index (κ2) is 5.41. The van der Waals surface area contributed by atoms with Crippen LogP contribution >= 0.6 is 22.7 Å². The Kier molecular flexibility index (Phi) is 3.89. The van der Waals surface area contributed by atoms with Crippen LogP contribution in [0.15, 0.2) is 16.8 Å². The third kappa shape index (κ3) is 3.13. The van der Waals surface area contributed by atoms with Crippen molar-refractivity contribution in [3.05, 3.63) is 38.0 Å². The number of aromatic nitrogens is 1. The lowest BCUT2D eigenvalue weighted by atomic mass is 10.3. The quantitative estimate of drug-likeness (QED) is 0.921. The molecule has 0 amide bonds. The van der Waals surface area contributed by atoms with Gasteiger partial charge in [-0.1, -0.05) is 0 Å². The lowest BCUT2D eigenvalue weighted by Crippen LogP contribution is -2.17. The van der Waals surface area contributed by atoms with Gasteiger partial charge in [0.25, 0.3) is 0 Å². The number of thiophene rings is 1. The van der Waals surface area contributed by atoms with Gasteiger partial charge >= 0.3 is 0 Å². The Bertz CT molecular complexity index is 536. The molecular weight excluding hydrogens is 250 g/mol. The predicted octanol–water partition coefficient (Wildman–Crippen LogP) is 3.24. The molecule has 3 nitrogen and oxygen atoms in total. The predicted molar refractivity (Wildman–Crippen MR) is 71.1 cm³/mol. The Morgan fingerprint density at radius 2 is 2.29 bits per heavy atom. The van der Waals surface area contributed by atoms with E-state index in [1.54, 1.807) is 22.7 Å². The van der Waals surface area contributed by atoms with Gasteiger partial charge in [-0.2, -0.15) is 5.26 Å². The van der Waals surface area contributed by atoms with E-state index >= 15 is 0 Å². The van der Waals surface area contributed by atoms with Gasteiger partial charge in [-0.05, 0) is 19.9 Å². The lowest BCUT2D eigenvalue weighted by molar-refractivity contribution is 0.575. The van der Waals surface area contributed by atoms with Gasteiger partial charge in [0.2, 0.25) is 0 Å². The van der Waals surface area contributed by atoms with Crippen LogP contribution in [0.2, 0.25) is 0 Å². The van der Waals surface area contributed by atoms with Crippen molar-refractivity contribution >= 4 is 22.7 Å². The summed E-state index contributed by atoms with van der Waals surface area (Å²) in [6.45, 7) is 4.90. The van der Waals surface area contributed by atoms with Gasteiger partial charge in [0.15, 0.2) is 0 Å². The van der Waals surface area contributed by atoms with E-state index in [4.69, 9.17) is 5.26 Å². The van der Waals surface area contributed by atoms with Crippen LogP contribution in [-0.4, -0.2) is 4.98 Å². The van der Waals surface area contributed by atoms with Crippen molar-refractivity contribution in [1.29, 1.82) is 5.26 Å². The van der Waals surface area contributed by atoms with Gasteiger partial charge in [0.1, 0.15) is 11.1 Å². The molecule has 1 N–H and O–H groups in total. The van der Waals surface area contributed by atoms with E-state index in [0.29, 0.717) is 0 Å². The molecule has 17 heavy (non-hydrogen) atoms. The number of hydrogen-bond acceptors (Lipinski definition) is 5. The zero-order valence-electron chi connectivity index (χ0n) is 9.73. The van der Waals surface area contributed by atoms with Crippen molar-refractivity contribution in [2.45, 2.75) is 26.4 Å². The number of hydrogen-bond donors (Lipinski definition) is 1. The standard InChI is InChI=1S/C12H13N3S2/c1-8-6-17-12(15-8)9(2)14-5-11-3-10(4-13)7-16-11/h3,6-7,9,14H,5H2,1-2H3. The van der Waals surface area contributed by atoms with Crippen molar-refractivity contribution in [3.63, 3.8) is 0 Å². The number of rotatable bonds is 4. The number of nitrogens with zero attached hydrogens (tertiary/aromatic N) is 2. The maximum absolute atomic E-state index is 8.74. The van der Waals surface area contributed by atoms with Crippen molar-refractivity contribution in [2.75, 3.05) is 0 Å². The van der Waals surface area contributed by atoms with Gasteiger partial charge in [-0.25, -0.2) is 4.98 Å². The molecule has 88 valence electrons. The Balaban J connectivity index is 1.92. The molecule has 2 rings (SSSR count). The van der Waals surface area contributed by atoms with Crippen molar-refractivity contribution in [3.8, 4) is 6.07 Å². The molecule has 0 bridgehead atoms. The summed E-state index contributed by atoms with van der Waals surface area (Å²) in [7, 11) is 0. The number of nitriles is 1. The fourth-order valence-corrected chi connectivity index (χ4v) is 3.03. The molecule has 0 aliphatic carbocycles. The minimum Gasteiger partial charge on any atom is -0.303 e. The summed E-state index contributed by atoms with van der Waals surface area (Å²) in [6, 6.07) is 4.32. The highest BCUT2D eigenvalue weighted by Crippen LogP contribution is 2.19. The van der Waals surface area contributed by atoms with E-state index in [1.807, 2.05) is 18.4 Å². The number of nitrogens with one attached hydrogen (secondary N) is 1. The summed E-state index contributed by atoms with van der Waals surface area (Å²) in [5.41, 5.74) is 1.81. The SMILES string of the molecule is Cc1csc(C(C)NCc2cc(C#N)cs2)n1. The van der Waals surface area contributed by atoms with Gasteiger partial charge in [-0.15, -0.1) is 22.7 Å². The van der Waals surface area contributed by atoms with Gasteiger partial charge < -0.3 is 5.32 Å². The first-order chi connectivity index (χ1) is 8.19. The van der Waals surface area contributed by atoms with Gasteiger partial charge in [0.05, 0.1) is 11.6 Å². The van der Waals surface area contributed by atoms with Crippen LogP contribution in [0.4, 0.5) is 0 Å². The fraction of sp³-hybridized carbons (Fsp3) is 0.333. The van der Waals surface area contributed by atoms with Crippen LogP contribution in [-0.2, 0) is 6.54 Å². The maximum Gasteiger partial charge on any atom is 0.110 e. The van der Waals surface area contributed by atoms with Crippen LogP contribution in [0.25, 0.3) is 0 Å². The van der Waals surface area contributed by atoms with Crippen LogP contribution < -0.4 is 5.32 Å². The summed E-state index contributed by atoms with van der Waals surface area (Å²) in [5, 5.41) is 17.2. The molecule has 1 unspecified atom stereocenters. The monoisotopic (exact) mass is 263 g/mol.